The minimum Gasteiger partial charge on any atom is -0.316 e. The normalized spacial score (nSPS) is 32.1. The molecule has 1 N–H and O–H groups in total. The first-order chi connectivity index (χ1) is 8.95. The summed E-state index contributed by atoms with van der Waals surface area (Å²) in [4.78, 5) is 0. The molecule has 1 rings (SSSR count). The molecule has 0 saturated carbocycles. The lowest BCUT2D eigenvalue weighted by Crippen LogP contribution is -2.53. The molecule has 2 heteroatoms. The molecular weight excluding hydrogens is 241 g/mol. The van der Waals surface area contributed by atoms with Crippen LogP contribution in [-0.4, -0.2) is 19.3 Å². The van der Waals surface area contributed by atoms with Crippen molar-refractivity contribution >= 4 is 7.85 Å². The number of hydrogen-bond acceptors (Lipinski definition) is 1. The Bertz CT molecular complexity index is 264. The number of rotatable bonds is 5. The van der Waals surface area contributed by atoms with Gasteiger partial charge in [-0.2, -0.15) is 0 Å². The van der Waals surface area contributed by atoms with Gasteiger partial charge in [-0.05, 0) is 43.5 Å². The molecule has 2 radical (unpaired) electrons. The van der Waals surface area contributed by atoms with Gasteiger partial charge >= 0.3 is 0 Å². The smallest absolute Gasteiger partial charge is 0.0965 e. The molecule has 118 valence electrons. The first-order valence-electron chi connectivity index (χ1n) is 8.15. The Balaban J connectivity index is 0. The average Bonchev–Trinajstić information content (AvgIpc) is 2.68. The van der Waals surface area contributed by atoms with E-state index >= 15 is 0 Å². The molecule has 0 bridgehead atoms. The van der Waals surface area contributed by atoms with Gasteiger partial charge in [0.25, 0.3) is 0 Å². The van der Waals surface area contributed by atoms with Crippen LogP contribution in [-0.2, 0) is 0 Å². The van der Waals surface area contributed by atoms with Gasteiger partial charge < -0.3 is 5.32 Å². The van der Waals surface area contributed by atoms with Crippen LogP contribution in [0.3, 0.4) is 0 Å². The molecule has 1 aliphatic heterocycles. The van der Waals surface area contributed by atoms with Gasteiger partial charge in [-0.1, -0.05) is 67.0 Å². The van der Waals surface area contributed by atoms with Crippen molar-refractivity contribution in [2.24, 2.45) is 17.8 Å². The fourth-order valence-corrected chi connectivity index (χ4v) is 3.28. The molecule has 0 spiro atoms. The van der Waals surface area contributed by atoms with Gasteiger partial charge in [0.15, 0.2) is 0 Å². The Morgan fingerprint density at radius 3 is 2.35 bits per heavy atom. The second kappa shape index (κ2) is 10.5. The molecule has 5 atom stereocenters. The summed E-state index contributed by atoms with van der Waals surface area (Å²) in [5.41, 5.74) is -0.222. The van der Waals surface area contributed by atoms with E-state index in [1.54, 1.807) is 0 Å². The predicted molar refractivity (Wildman–Crippen MR) is 95.3 cm³/mol. The summed E-state index contributed by atoms with van der Waals surface area (Å²) in [6.45, 7) is 15.2. The van der Waals surface area contributed by atoms with Gasteiger partial charge in [0.2, 0.25) is 0 Å². The van der Waals surface area contributed by atoms with Gasteiger partial charge in [0, 0.05) is 6.04 Å². The van der Waals surface area contributed by atoms with E-state index < -0.39 is 0 Å². The van der Waals surface area contributed by atoms with Crippen LogP contribution in [0.5, 0.6) is 0 Å². The molecule has 5 unspecified atom stereocenters. The van der Waals surface area contributed by atoms with Crippen molar-refractivity contribution in [2.45, 2.75) is 86.6 Å². The summed E-state index contributed by atoms with van der Waals surface area (Å²) >= 11 is 0. The van der Waals surface area contributed by atoms with Crippen LogP contribution < -0.4 is 5.32 Å². The van der Waals surface area contributed by atoms with Crippen LogP contribution >= 0.6 is 0 Å². The zero-order chi connectivity index (χ0) is 15.1. The summed E-state index contributed by atoms with van der Waals surface area (Å²) < 4.78 is 0. The maximum Gasteiger partial charge on any atom is 0.0965 e. The molecule has 20 heavy (non-hydrogen) atoms. The number of allylic oxidation sites excluding steroid dienone is 1. The molecule has 0 aromatic carbocycles. The lowest BCUT2D eigenvalue weighted by Gasteiger charge is -2.41. The predicted octanol–water partition coefficient (Wildman–Crippen LogP) is 5.16. The van der Waals surface area contributed by atoms with Gasteiger partial charge in [-0.3, -0.25) is 0 Å². The maximum absolute atomic E-state index is 6.69. The van der Waals surface area contributed by atoms with E-state index in [0.29, 0.717) is 23.8 Å². The fraction of sp³-hybridized carbons (Fsp3) is 0.889. The highest BCUT2D eigenvalue weighted by atomic mass is 15.0. The van der Waals surface area contributed by atoms with Crippen molar-refractivity contribution in [2.75, 3.05) is 0 Å². The van der Waals surface area contributed by atoms with Gasteiger partial charge in [-0.15, -0.1) is 0 Å². The number of nitrogens with one attached hydrogen (secondary N) is 1. The lowest BCUT2D eigenvalue weighted by molar-refractivity contribution is 0.227. The van der Waals surface area contributed by atoms with Crippen LogP contribution in [0.25, 0.3) is 0 Å². The summed E-state index contributed by atoms with van der Waals surface area (Å²) in [6, 6.07) is 0.525. The Kier molecular flexibility index (Phi) is 11.6. The molecule has 0 amide bonds. The second-order valence-corrected chi connectivity index (χ2v) is 5.90. The maximum atomic E-state index is 6.69. The van der Waals surface area contributed by atoms with Gasteiger partial charge in [0.1, 0.15) is 0 Å². The molecule has 0 aromatic rings. The SMILES string of the molecule is C.CC.[B]C1(C(C)C(C)CCC)NC(C)CC1/C=C\C. The highest BCUT2D eigenvalue weighted by Gasteiger charge is 2.44. The summed E-state index contributed by atoms with van der Waals surface area (Å²) in [5.74, 6) is 1.65. The quantitative estimate of drug-likeness (QED) is 0.541. The Hall–Kier alpha value is -0.235. The summed E-state index contributed by atoms with van der Waals surface area (Å²) in [5, 5.41) is 3.63. The van der Waals surface area contributed by atoms with E-state index in [1.165, 1.54) is 12.8 Å². The summed E-state index contributed by atoms with van der Waals surface area (Å²) in [7, 11) is 6.69. The van der Waals surface area contributed by atoms with E-state index in [-0.39, 0.29) is 12.9 Å². The van der Waals surface area contributed by atoms with Crippen LogP contribution in [0.15, 0.2) is 12.2 Å². The largest absolute Gasteiger partial charge is 0.316 e. The molecular formula is C18H38BN. The fourth-order valence-electron chi connectivity index (χ4n) is 3.28. The van der Waals surface area contributed by atoms with Crippen LogP contribution in [0, 0.1) is 17.8 Å². The van der Waals surface area contributed by atoms with E-state index in [0.717, 1.165) is 6.42 Å². The zero-order valence-electron chi connectivity index (χ0n) is 14.2. The van der Waals surface area contributed by atoms with E-state index in [4.69, 9.17) is 7.85 Å². The van der Waals surface area contributed by atoms with Crippen molar-refractivity contribution in [1.82, 2.24) is 5.32 Å². The molecule has 1 saturated heterocycles. The highest BCUT2D eigenvalue weighted by molar-refractivity contribution is 6.16. The second-order valence-electron chi connectivity index (χ2n) is 5.90. The lowest BCUT2D eigenvalue weighted by atomic mass is 9.59. The molecule has 1 nitrogen and oxygen atoms in total. The standard InChI is InChI=1S/C15H28BN.C2H6.CH4/c1-6-8-11(3)13(5)15(16)14(9-7-2)10-12(4)17-15;1-2;/h7,9,11-14,17H,6,8,10H2,1-5H3;1-2H3;1H4/b9-7-;;. The van der Waals surface area contributed by atoms with Gasteiger partial charge in [0.05, 0.1) is 7.85 Å². The summed E-state index contributed by atoms with van der Waals surface area (Å²) in [6.07, 6.45) is 8.09. The Morgan fingerprint density at radius 1 is 1.35 bits per heavy atom. The Morgan fingerprint density at radius 2 is 1.90 bits per heavy atom. The highest BCUT2D eigenvalue weighted by Crippen LogP contribution is 2.39. The van der Waals surface area contributed by atoms with Crippen molar-refractivity contribution in [3.05, 3.63) is 12.2 Å². The van der Waals surface area contributed by atoms with E-state index in [1.807, 2.05) is 13.8 Å². The molecule has 1 aliphatic rings. The minimum atomic E-state index is -0.222. The number of hydrogen-bond donors (Lipinski definition) is 1. The Labute approximate surface area is 130 Å². The zero-order valence-corrected chi connectivity index (χ0v) is 14.2. The third-order valence-electron chi connectivity index (χ3n) is 4.49. The first kappa shape index (κ1) is 22.1. The van der Waals surface area contributed by atoms with Crippen molar-refractivity contribution in [3.8, 4) is 0 Å². The minimum absolute atomic E-state index is 0. The molecule has 0 aliphatic carbocycles. The average molecular weight is 279 g/mol. The molecule has 1 fully saturated rings. The molecule has 0 aromatic heterocycles. The monoisotopic (exact) mass is 279 g/mol. The van der Waals surface area contributed by atoms with E-state index in [2.05, 4.69) is 52.1 Å². The van der Waals surface area contributed by atoms with Crippen LogP contribution in [0.1, 0.15) is 75.2 Å². The van der Waals surface area contributed by atoms with Crippen LogP contribution in [0.4, 0.5) is 0 Å². The van der Waals surface area contributed by atoms with Crippen molar-refractivity contribution in [1.29, 1.82) is 0 Å². The van der Waals surface area contributed by atoms with Crippen molar-refractivity contribution < 1.29 is 0 Å². The van der Waals surface area contributed by atoms with Gasteiger partial charge in [-0.25, -0.2) is 0 Å². The topological polar surface area (TPSA) is 12.0 Å². The third kappa shape index (κ3) is 5.28. The first-order valence-corrected chi connectivity index (χ1v) is 8.15. The van der Waals surface area contributed by atoms with Crippen LogP contribution in [0.2, 0.25) is 0 Å². The molecule has 1 heterocycles. The third-order valence-corrected chi connectivity index (χ3v) is 4.49. The van der Waals surface area contributed by atoms with E-state index in [9.17, 15) is 0 Å². The van der Waals surface area contributed by atoms with Crippen molar-refractivity contribution in [3.63, 3.8) is 0 Å².